The van der Waals surface area contributed by atoms with E-state index in [1.165, 1.54) is 31.3 Å². The summed E-state index contributed by atoms with van der Waals surface area (Å²) in [6.45, 7) is 3.46. The van der Waals surface area contributed by atoms with Crippen LogP contribution in [0.4, 0.5) is 0 Å². The zero-order valence-electron chi connectivity index (χ0n) is 13.5. The lowest BCUT2D eigenvalue weighted by atomic mass is 9.86. The van der Waals surface area contributed by atoms with Gasteiger partial charge in [-0.15, -0.1) is 10.2 Å². The molecule has 2 bridgehead atoms. The molecule has 3 aliphatic rings. The second kappa shape index (κ2) is 5.60. The lowest BCUT2D eigenvalue weighted by Gasteiger charge is -2.44. The number of ether oxygens (including phenoxy) is 1. The number of nitrogens with zero attached hydrogens (tertiary/aromatic N) is 4. The summed E-state index contributed by atoms with van der Waals surface area (Å²) in [4.78, 5) is 2.48. The molecule has 3 aromatic rings. The molecule has 0 aliphatic carbocycles. The van der Waals surface area contributed by atoms with E-state index < -0.39 is 0 Å². The monoisotopic (exact) mass is 320 g/mol. The molecule has 5 heterocycles. The van der Waals surface area contributed by atoms with Crippen molar-refractivity contribution in [1.29, 1.82) is 0 Å². The van der Waals surface area contributed by atoms with Crippen molar-refractivity contribution in [3.05, 3.63) is 48.7 Å². The number of benzene rings is 1. The van der Waals surface area contributed by atoms with E-state index in [1.807, 2.05) is 30.5 Å². The minimum Gasteiger partial charge on any atom is -0.472 e. The van der Waals surface area contributed by atoms with Gasteiger partial charge in [0.2, 0.25) is 5.88 Å². The van der Waals surface area contributed by atoms with Gasteiger partial charge in [-0.25, -0.2) is 0 Å². The molecular formula is C19H20N4O. The first-order valence-electron chi connectivity index (χ1n) is 8.66. The summed E-state index contributed by atoms with van der Waals surface area (Å²) >= 11 is 0. The minimum atomic E-state index is 0.264. The summed E-state index contributed by atoms with van der Waals surface area (Å²) in [7, 11) is 0. The molecule has 0 N–H and O–H groups in total. The maximum Gasteiger partial charge on any atom is 0.233 e. The van der Waals surface area contributed by atoms with Crippen molar-refractivity contribution in [3.63, 3.8) is 0 Å². The third-order valence-corrected chi connectivity index (χ3v) is 5.34. The van der Waals surface area contributed by atoms with Crippen LogP contribution in [0.5, 0.6) is 5.88 Å². The molecule has 1 unspecified atom stereocenters. The highest BCUT2D eigenvalue weighted by Gasteiger charge is 2.35. The van der Waals surface area contributed by atoms with E-state index in [-0.39, 0.29) is 6.10 Å². The zero-order valence-corrected chi connectivity index (χ0v) is 13.5. The van der Waals surface area contributed by atoms with Gasteiger partial charge in [0.25, 0.3) is 0 Å². The number of piperidine rings is 3. The van der Waals surface area contributed by atoms with Crippen molar-refractivity contribution in [1.82, 2.24) is 19.7 Å². The third-order valence-electron chi connectivity index (χ3n) is 5.34. The summed E-state index contributed by atoms with van der Waals surface area (Å²) in [5.41, 5.74) is 1.14. The largest absolute Gasteiger partial charge is 0.472 e. The fourth-order valence-electron chi connectivity index (χ4n) is 3.99. The molecule has 6 rings (SSSR count). The molecule has 24 heavy (non-hydrogen) atoms. The van der Waals surface area contributed by atoms with E-state index in [4.69, 9.17) is 4.74 Å². The first-order chi connectivity index (χ1) is 11.9. The van der Waals surface area contributed by atoms with Crippen LogP contribution in [0.15, 0.2) is 48.7 Å². The Balaban J connectivity index is 1.37. The van der Waals surface area contributed by atoms with Gasteiger partial charge in [0, 0.05) is 18.8 Å². The van der Waals surface area contributed by atoms with E-state index >= 15 is 0 Å². The lowest BCUT2D eigenvalue weighted by Crippen LogP contribution is -2.52. The normalized spacial score (nSPS) is 25.9. The number of hydrogen-bond donors (Lipinski definition) is 0. The molecule has 3 aliphatic heterocycles. The van der Waals surface area contributed by atoms with E-state index in [0.717, 1.165) is 17.9 Å². The predicted octanol–water partition coefficient (Wildman–Crippen LogP) is 2.89. The Labute approximate surface area is 140 Å². The quantitative estimate of drug-likeness (QED) is 0.744. The number of fused-ring (bicyclic) bond motifs is 4. The molecule has 5 nitrogen and oxygen atoms in total. The molecule has 122 valence electrons. The maximum atomic E-state index is 6.12. The second-order valence-corrected chi connectivity index (χ2v) is 6.77. The molecule has 3 fully saturated rings. The van der Waals surface area contributed by atoms with Crippen LogP contribution in [0.2, 0.25) is 0 Å². The van der Waals surface area contributed by atoms with E-state index in [9.17, 15) is 0 Å². The fourth-order valence-corrected chi connectivity index (χ4v) is 3.99. The first-order valence-corrected chi connectivity index (χ1v) is 8.66. The summed E-state index contributed by atoms with van der Waals surface area (Å²) in [6, 6.07) is 14.3. The van der Waals surface area contributed by atoms with E-state index in [0.29, 0.717) is 11.8 Å². The van der Waals surface area contributed by atoms with Gasteiger partial charge in [-0.1, -0.05) is 18.2 Å². The molecule has 0 spiro atoms. The predicted molar refractivity (Wildman–Crippen MR) is 92.4 cm³/mol. The van der Waals surface area contributed by atoms with Crippen LogP contribution in [-0.4, -0.2) is 45.4 Å². The van der Waals surface area contributed by atoms with E-state index in [2.05, 4.69) is 37.9 Å². The Morgan fingerprint density at radius 3 is 2.58 bits per heavy atom. The highest BCUT2D eigenvalue weighted by molar-refractivity contribution is 5.81. The highest BCUT2D eigenvalue weighted by atomic mass is 16.5. The summed E-state index contributed by atoms with van der Waals surface area (Å²) in [5.74, 6) is 2.12. The lowest BCUT2D eigenvalue weighted by molar-refractivity contribution is -0.0104. The molecule has 0 amide bonds. The summed E-state index contributed by atoms with van der Waals surface area (Å²) < 4.78 is 8.18. The van der Waals surface area contributed by atoms with Gasteiger partial charge in [-0.05, 0) is 55.4 Å². The SMILES string of the molecule is c1ccc2c(c1)ccn2-c1ccc(OC2CN3CCC2CC3)nn1. The van der Waals surface area contributed by atoms with Gasteiger partial charge < -0.3 is 4.74 Å². The van der Waals surface area contributed by atoms with Gasteiger partial charge in [0.05, 0.1) is 5.52 Å². The zero-order chi connectivity index (χ0) is 15.9. The summed E-state index contributed by atoms with van der Waals surface area (Å²) in [5, 5.41) is 9.88. The Hall–Kier alpha value is -2.40. The van der Waals surface area contributed by atoms with Gasteiger partial charge in [0.1, 0.15) is 6.10 Å². The minimum absolute atomic E-state index is 0.264. The first kappa shape index (κ1) is 14.0. The average molecular weight is 320 g/mol. The molecule has 1 aromatic carbocycles. The van der Waals surface area contributed by atoms with Crippen LogP contribution >= 0.6 is 0 Å². The highest BCUT2D eigenvalue weighted by Crippen LogP contribution is 2.30. The van der Waals surface area contributed by atoms with Crippen LogP contribution in [0.3, 0.4) is 0 Å². The number of rotatable bonds is 3. The smallest absolute Gasteiger partial charge is 0.233 e. The summed E-state index contributed by atoms with van der Waals surface area (Å²) in [6.07, 6.45) is 4.78. The number of aromatic nitrogens is 3. The molecule has 5 heteroatoms. The molecule has 3 saturated heterocycles. The maximum absolute atomic E-state index is 6.12. The van der Waals surface area contributed by atoms with Crippen molar-refractivity contribution in [2.45, 2.75) is 18.9 Å². The number of para-hydroxylation sites is 1. The molecule has 1 atom stereocenters. The molecule has 0 radical (unpaired) electrons. The van der Waals surface area contributed by atoms with Crippen LogP contribution in [0, 0.1) is 5.92 Å². The van der Waals surface area contributed by atoms with Crippen molar-refractivity contribution in [2.24, 2.45) is 5.92 Å². The Bertz CT molecular complexity index is 849. The van der Waals surface area contributed by atoms with E-state index in [1.54, 1.807) is 0 Å². The Morgan fingerprint density at radius 2 is 1.83 bits per heavy atom. The van der Waals surface area contributed by atoms with Gasteiger partial charge >= 0.3 is 0 Å². The van der Waals surface area contributed by atoms with Crippen LogP contribution < -0.4 is 4.74 Å². The standard InChI is InChI=1S/C19H20N4O/c1-2-4-16-14(3-1)9-12-23(16)18-5-6-19(21-20-18)24-17-13-22-10-7-15(17)8-11-22/h1-6,9,12,15,17H,7-8,10-11,13H2. The van der Waals surface area contributed by atoms with Gasteiger partial charge in [-0.2, -0.15) is 0 Å². The average Bonchev–Trinajstić information content (AvgIpc) is 3.08. The number of hydrogen-bond acceptors (Lipinski definition) is 4. The van der Waals surface area contributed by atoms with Crippen LogP contribution in [0.25, 0.3) is 16.7 Å². The molecule has 2 aromatic heterocycles. The fraction of sp³-hybridized carbons (Fsp3) is 0.368. The van der Waals surface area contributed by atoms with Gasteiger partial charge in [-0.3, -0.25) is 9.47 Å². The Kier molecular flexibility index (Phi) is 3.26. The third kappa shape index (κ3) is 2.36. The molecule has 0 saturated carbocycles. The van der Waals surface area contributed by atoms with Crippen molar-refractivity contribution >= 4 is 10.9 Å². The van der Waals surface area contributed by atoms with Crippen molar-refractivity contribution in [2.75, 3.05) is 19.6 Å². The topological polar surface area (TPSA) is 43.2 Å². The van der Waals surface area contributed by atoms with Crippen molar-refractivity contribution in [3.8, 4) is 11.7 Å². The molecular weight excluding hydrogens is 300 g/mol. The van der Waals surface area contributed by atoms with Crippen LogP contribution in [0.1, 0.15) is 12.8 Å². The van der Waals surface area contributed by atoms with Crippen molar-refractivity contribution < 1.29 is 4.74 Å². The van der Waals surface area contributed by atoms with Gasteiger partial charge in [0.15, 0.2) is 5.82 Å². The second-order valence-electron chi connectivity index (χ2n) is 6.77. The van der Waals surface area contributed by atoms with Crippen LogP contribution in [-0.2, 0) is 0 Å². The Morgan fingerprint density at radius 1 is 0.958 bits per heavy atom.